The van der Waals surface area contributed by atoms with Crippen LogP contribution in [0.3, 0.4) is 0 Å². The van der Waals surface area contributed by atoms with E-state index in [-0.39, 0.29) is 0 Å². The van der Waals surface area contributed by atoms with Crippen LogP contribution in [0.2, 0.25) is 0 Å². The fourth-order valence-electron chi connectivity index (χ4n) is 6.30. The first kappa shape index (κ1) is 17.8. The molecular formula is C22H40O. The van der Waals surface area contributed by atoms with Gasteiger partial charge in [0.1, 0.15) is 0 Å². The van der Waals surface area contributed by atoms with Crippen molar-refractivity contribution in [2.24, 2.45) is 29.6 Å². The van der Waals surface area contributed by atoms with Crippen LogP contribution < -0.4 is 0 Å². The first-order valence-electron chi connectivity index (χ1n) is 10.8. The molecule has 0 N–H and O–H groups in total. The van der Waals surface area contributed by atoms with Gasteiger partial charge in [0, 0.05) is 0 Å². The van der Waals surface area contributed by atoms with Gasteiger partial charge in [-0.25, -0.2) is 0 Å². The van der Waals surface area contributed by atoms with E-state index in [1.54, 1.807) is 19.3 Å². The molecule has 0 heterocycles. The number of hydrogen-bond acceptors (Lipinski definition) is 1. The summed E-state index contributed by atoms with van der Waals surface area (Å²) in [5.41, 5.74) is 0. The minimum Gasteiger partial charge on any atom is -0.376 e. The minimum absolute atomic E-state index is 0.409. The number of ether oxygens (including phenoxy) is 1. The lowest BCUT2D eigenvalue weighted by Gasteiger charge is -2.51. The summed E-state index contributed by atoms with van der Waals surface area (Å²) in [6.07, 6.45) is 18.7. The van der Waals surface area contributed by atoms with Gasteiger partial charge in [-0.1, -0.05) is 39.0 Å². The molecule has 3 aliphatic rings. The second-order valence-corrected chi connectivity index (χ2v) is 9.22. The lowest BCUT2D eigenvalue weighted by atomic mass is 9.56. The maximum Gasteiger partial charge on any atom is 0.0581 e. The topological polar surface area (TPSA) is 9.23 Å². The molecule has 0 radical (unpaired) electrons. The van der Waals surface area contributed by atoms with Crippen molar-refractivity contribution in [3.8, 4) is 0 Å². The average Bonchev–Trinajstić information content (AvgIpc) is 2.54. The fourth-order valence-corrected chi connectivity index (χ4v) is 6.30. The smallest absolute Gasteiger partial charge is 0.0581 e. The highest BCUT2D eigenvalue weighted by Crippen LogP contribution is 2.53. The Morgan fingerprint density at radius 1 is 0.826 bits per heavy atom. The van der Waals surface area contributed by atoms with Crippen molar-refractivity contribution in [3.63, 3.8) is 0 Å². The van der Waals surface area contributed by atoms with Gasteiger partial charge >= 0.3 is 0 Å². The van der Waals surface area contributed by atoms with Crippen LogP contribution >= 0.6 is 0 Å². The Labute approximate surface area is 144 Å². The first-order valence-corrected chi connectivity index (χ1v) is 10.8. The molecule has 3 aliphatic carbocycles. The first-order chi connectivity index (χ1) is 11.2. The quantitative estimate of drug-likeness (QED) is 0.501. The van der Waals surface area contributed by atoms with Crippen molar-refractivity contribution in [1.29, 1.82) is 0 Å². The third kappa shape index (κ3) is 4.53. The van der Waals surface area contributed by atoms with Gasteiger partial charge in [-0.15, -0.1) is 0 Å². The zero-order valence-electron chi connectivity index (χ0n) is 15.9. The molecule has 0 aromatic heterocycles. The van der Waals surface area contributed by atoms with E-state index in [0.717, 1.165) is 29.6 Å². The molecule has 0 spiro atoms. The second-order valence-electron chi connectivity index (χ2n) is 9.22. The maximum absolute atomic E-state index is 6.15. The largest absolute Gasteiger partial charge is 0.376 e. The van der Waals surface area contributed by atoms with Crippen molar-refractivity contribution in [3.05, 3.63) is 0 Å². The number of hydrogen-bond donors (Lipinski definition) is 0. The van der Waals surface area contributed by atoms with Gasteiger partial charge in [-0.05, 0) is 88.4 Å². The predicted octanol–water partition coefficient (Wildman–Crippen LogP) is 6.60. The van der Waals surface area contributed by atoms with E-state index >= 15 is 0 Å². The van der Waals surface area contributed by atoms with Gasteiger partial charge in [0.2, 0.25) is 0 Å². The predicted molar refractivity (Wildman–Crippen MR) is 98.5 cm³/mol. The van der Waals surface area contributed by atoms with Crippen LogP contribution in [0.1, 0.15) is 97.8 Å². The Balaban J connectivity index is 1.49. The van der Waals surface area contributed by atoms with Gasteiger partial charge in [-0.3, -0.25) is 0 Å². The highest BCUT2D eigenvalue weighted by Gasteiger charge is 2.44. The van der Waals surface area contributed by atoms with Crippen molar-refractivity contribution < 1.29 is 4.74 Å². The number of fused-ring (bicyclic) bond motifs is 3. The van der Waals surface area contributed by atoms with Crippen molar-refractivity contribution in [2.45, 2.75) is 110 Å². The van der Waals surface area contributed by atoms with Gasteiger partial charge in [0.05, 0.1) is 12.2 Å². The second kappa shape index (κ2) is 8.37. The van der Waals surface area contributed by atoms with E-state index in [9.17, 15) is 0 Å². The summed E-state index contributed by atoms with van der Waals surface area (Å²) in [7, 11) is 0. The molecule has 1 heteroatoms. The van der Waals surface area contributed by atoms with Crippen LogP contribution in [0.4, 0.5) is 0 Å². The summed E-state index contributed by atoms with van der Waals surface area (Å²) in [6, 6.07) is 0. The van der Waals surface area contributed by atoms with E-state index in [1.807, 2.05) is 0 Å². The van der Waals surface area contributed by atoms with E-state index < -0.39 is 0 Å². The molecule has 23 heavy (non-hydrogen) atoms. The maximum atomic E-state index is 6.15. The highest BCUT2D eigenvalue weighted by atomic mass is 16.5. The van der Waals surface area contributed by atoms with Crippen LogP contribution in [0.5, 0.6) is 0 Å². The van der Waals surface area contributed by atoms with Crippen LogP contribution in [0.15, 0.2) is 0 Å². The third-order valence-electron chi connectivity index (χ3n) is 7.28. The Kier molecular flexibility index (Phi) is 6.46. The lowest BCUT2D eigenvalue weighted by molar-refractivity contribution is -0.0710. The standard InChI is InChI=1S/C22H40O/c1-4-5-6-7-17-8-12-21-18(14-17)9-10-19-15-20(23-16(2)3)11-13-22(19)21/h16-22H,4-15H2,1-3H3. The van der Waals surface area contributed by atoms with Crippen molar-refractivity contribution in [1.82, 2.24) is 0 Å². The summed E-state index contributed by atoms with van der Waals surface area (Å²) >= 11 is 0. The Hall–Kier alpha value is -0.0400. The fraction of sp³-hybridized carbons (Fsp3) is 1.00. The molecular weight excluding hydrogens is 280 g/mol. The summed E-state index contributed by atoms with van der Waals surface area (Å²) in [6.45, 7) is 6.73. The van der Waals surface area contributed by atoms with E-state index in [4.69, 9.17) is 4.74 Å². The average molecular weight is 321 g/mol. The zero-order valence-corrected chi connectivity index (χ0v) is 15.9. The molecule has 3 saturated carbocycles. The van der Waals surface area contributed by atoms with Crippen molar-refractivity contribution in [2.75, 3.05) is 0 Å². The third-order valence-corrected chi connectivity index (χ3v) is 7.28. The molecule has 6 atom stereocenters. The Morgan fingerprint density at radius 2 is 1.52 bits per heavy atom. The van der Waals surface area contributed by atoms with Crippen LogP contribution in [-0.2, 0) is 4.74 Å². The Bertz CT molecular complexity index is 350. The molecule has 6 unspecified atom stereocenters. The van der Waals surface area contributed by atoms with Gasteiger partial charge in [0.15, 0.2) is 0 Å². The molecule has 3 rings (SSSR count). The summed E-state index contributed by atoms with van der Waals surface area (Å²) in [5.74, 6) is 5.28. The SMILES string of the molecule is CCCCCC1CCC2C(CCC3CC(OC(C)C)CCC32)C1. The molecule has 134 valence electrons. The zero-order chi connectivity index (χ0) is 16.2. The van der Waals surface area contributed by atoms with Crippen LogP contribution in [0.25, 0.3) is 0 Å². The molecule has 0 saturated heterocycles. The number of rotatable bonds is 6. The van der Waals surface area contributed by atoms with Crippen LogP contribution in [0, 0.1) is 29.6 Å². The molecule has 0 aliphatic heterocycles. The highest BCUT2D eigenvalue weighted by molar-refractivity contribution is 4.94. The minimum atomic E-state index is 0.409. The molecule has 3 fully saturated rings. The lowest BCUT2D eigenvalue weighted by Crippen LogP contribution is -2.43. The summed E-state index contributed by atoms with van der Waals surface area (Å²) < 4.78 is 6.15. The molecule has 0 amide bonds. The Morgan fingerprint density at radius 3 is 2.22 bits per heavy atom. The normalized spacial score (nSPS) is 40.7. The van der Waals surface area contributed by atoms with Gasteiger partial charge in [-0.2, -0.15) is 0 Å². The molecule has 0 bridgehead atoms. The van der Waals surface area contributed by atoms with Gasteiger partial charge in [0.25, 0.3) is 0 Å². The summed E-state index contributed by atoms with van der Waals surface area (Å²) in [4.78, 5) is 0. The van der Waals surface area contributed by atoms with E-state index in [2.05, 4.69) is 20.8 Å². The molecule has 0 aromatic carbocycles. The molecule has 0 aromatic rings. The number of unbranched alkanes of at least 4 members (excludes halogenated alkanes) is 2. The monoisotopic (exact) mass is 320 g/mol. The summed E-state index contributed by atoms with van der Waals surface area (Å²) in [5, 5.41) is 0. The van der Waals surface area contributed by atoms with Crippen molar-refractivity contribution >= 4 is 0 Å². The molecule has 1 nitrogen and oxygen atoms in total. The van der Waals surface area contributed by atoms with E-state index in [1.165, 1.54) is 57.8 Å². The van der Waals surface area contributed by atoms with Crippen LogP contribution in [-0.4, -0.2) is 12.2 Å². The van der Waals surface area contributed by atoms with Gasteiger partial charge < -0.3 is 4.74 Å². The van der Waals surface area contributed by atoms with E-state index in [0.29, 0.717) is 12.2 Å².